The lowest BCUT2D eigenvalue weighted by Crippen LogP contribution is -2.07. The number of anilines is 1. The average molecular weight is 211 g/mol. The minimum Gasteiger partial charge on any atom is -0.377 e. The molecule has 1 rings (SSSR count). The Morgan fingerprint density at radius 2 is 2.07 bits per heavy atom. The van der Waals surface area contributed by atoms with Crippen LogP contribution in [-0.2, 0) is 0 Å². The third kappa shape index (κ3) is 2.78. The van der Waals surface area contributed by atoms with Gasteiger partial charge >= 0.3 is 0 Å². The number of nitrogens with one attached hydrogen (secondary N) is 1. The fourth-order valence-corrected chi connectivity index (χ4v) is 1.16. The molecular weight excluding hydrogens is 196 g/mol. The molecule has 0 bridgehead atoms. The minimum absolute atomic E-state index is 0.0652. The van der Waals surface area contributed by atoms with Crippen LogP contribution in [-0.4, -0.2) is 6.54 Å². The van der Waals surface area contributed by atoms with E-state index in [0.29, 0.717) is 12.1 Å². The maximum atomic E-state index is 13.5. The Bertz CT molecular complexity index is 372. The molecule has 0 unspecified atom stereocenters. The Balaban J connectivity index is 2.84. The summed E-state index contributed by atoms with van der Waals surface area (Å²) in [5, 5.41) is 2.72. The molecule has 0 aliphatic rings. The normalized spacial score (nSPS) is 10.1. The van der Waals surface area contributed by atoms with Crippen LogP contribution in [0.3, 0.4) is 0 Å². The van der Waals surface area contributed by atoms with Gasteiger partial charge in [-0.25, -0.2) is 8.78 Å². The van der Waals surface area contributed by atoms with Crippen LogP contribution in [0.5, 0.6) is 0 Å². The molecule has 1 N–H and O–H groups in total. The minimum atomic E-state index is -0.568. The van der Waals surface area contributed by atoms with Gasteiger partial charge in [0.2, 0.25) is 0 Å². The maximum Gasteiger partial charge on any atom is 0.152 e. The summed E-state index contributed by atoms with van der Waals surface area (Å²) in [6.45, 7) is 7.72. The molecular formula is C12H15F2N. The Morgan fingerprint density at radius 3 is 2.67 bits per heavy atom. The van der Waals surface area contributed by atoms with E-state index in [4.69, 9.17) is 0 Å². The second-order valence-electron chi connectivity index (χ2n) is 3.51. The van der Waals surface area contributed by atoms with Gasteiger partial charge in [-0.15, -0.1) is 0 Å². The van der Waals surface area contributed by atoms with Gasteiger partial charge in [-0.1, -0.05) is 25.1 Å². The van der Waals surface area contributed by atoms with Crippen LogP contribution in [0.1, 0.15) is 18.9 Å². The van der Waals surface area contributed by atoms with Crippen molar-refractivity contribution in [3.63, 3.8) is 0 Å². The van der Waals surface area contributed by atoms with E-state index < -0.39 is 11.6 Å². The Kier molecular flexibility index (Phi) is 3.83. The van der Waals surface area contributed by atoms with Crippen LogP contribution in [0.15, 0.2) is 24.3 Å². The van der Waals surface area contributed by atoms with Crippen molar-refractivity contribution in [3.8, 4) is 0 Å². The molecule has 0 saturated carbocycles. The van der Waals surface area contributed by atoms with E-state index in [9.17, 15) is 8.78 Å². The molecule has 0 aliphatic heterocycles. The fourth-order valence-electron chi connectivity index (χ4n) is 1.16. The van der Waals surface area contributed by atoms with Crippen molar-refractivity contribution in [1.29, 1.82) is 0 Å². The van der Waals surface area contributed by atoms with Crippen molar-refractivity contribution in [2.45, 2.75) is 20.3 Å². The van der Waals surface area contributed by atoms with E-state index in [1.54, 1.807) is 6.92 Å². The molecule has 0 spiro atoms. The summed E-state index contributed by atoms with van der Waals surface area (Å²) in [6, 6.07) is 2.68. The fraction of sp³-hybridized carbons (Fsp3) is 0.333. The molecule has 0 aliphatic carbocycles. The maximum absolute atomic E-state index is 13.5. The van der Waals surface area contributed by atoms with Crippen LogP contribution in [0.2, 0.25) is 0 Å². The van der Waals surface area contributed by atoms with Crippen LogP contribution < -0.4 is 5.32 Å². The first kappa shape index (κ1) is 11.7. The SMILES string of the molecule is C=C(CC)CNc1c(F)ccc(C)c1F. The molecule has 0 amide bonds. The van der Waals surface area contributed by atoms with Crippen molar-refractivity contribution >= 4 is 5.69 Å². The Morgan fingerprint density at radius 1 is 1.40 bits per heavy atom. The average Bonchev–Trinajstić information content (AvgIpc) is 2.23. The lowest BCUT2D eigenvalue weighted by atomic mass is 10.2. The van der Waals surface area contributed by atoms with Gasteiger partial charge in [0.1, 0.15) is 11.5 Å². The lowest BCUT2D eigenvalue weighted by molar-refractivity contribution is 0.583. The molecule has 1 nitrogen and oxygen atoms in total. The zero-order valence-corrected chi connectivity index (χ0v) is 9.03. The molecule has 3 heteroatoms. The van der Waals surface area contributed by atoms with Crippen LogP contribution in [0.4, 0.5) is 14.5 Å². The topological polar surface area (TPSA) is 12.0 Å². The first-order valence-corrected chi connectivity index (χ1v) is 4.91. The highest BCUT2D eigenvalue weighted by Crippen LogP contribution is 2.21. The summed E-state index contributed by atoms with van der Waals surface area (Å²) in [6.07, 6.45) is 0.794. The van der Waals surface area contributed by atoms with Crippen molar-refractivity contribution in [3.05, 3.63) is 41.5 Å². The number of aryl methyl sites for hydroxylation is 1. The first-order chi connectivity index (χ1) is 7.06. The quantitative estimate of drug-likeness (QED) is 0.749. The van der Waals surface area contributed by atoms with Crippen LogP contribution >= 0.6 is 0 Å². The first-order valence-electron chi connectivity index (χ1n) is 4.91. The predicted molar refractivity (Wildman–Crippen MR) is 59.0 cm³/mol. The highest BCUT2D eigenvalue weighted by molar-refractivity contribution is 5.49. The van der Waals surface area contributed by atoms with Crippen molar-refractivity contribution in [1.82, 2.24) is 0 Å². The molecule has 0 fully saturated rings. The number of hydrogen-bond acceptors (Lipinski definition) is 1. The number of rotatable bonds is 4. The number of benzene rings is 1. The Hall–Kier alpha value is -1.38. The molecule has 0 radical (unpaired) electrons. The van der Waals surface area contributed by atoms with Gasteiger partial charge in [0.25, 0.3) is 0 Å². The third-order valence-corrected chi connectivity index (χ3v) is 2.30. The van der Waals surface area contributed by atoms with Gasteiger partial charge < -0.3 is 5.32 Å². The summed E-state index contributed by atoms with van der Waals surface area (Å²) in [4.78, 5) is 0. The number of halogens is 2. The van der Waals surface area contributed by atoms with Crippen LogP contribution in [0, 0.1) is 18.6 Å². The molecule has 0 saturated heterocycles. The van der Waals surface area contributed by atoms with E-state index in [1.807, 2.05) is 6.92 Å². The van der Waals surface area contributed by atoms with E-state index in [1.165, 1.54) is 12.1 Å². The van der Waals surface area contributed by atoms with Gasteiger partial charge in [0.05, 0.1) is 0 Å². The third-order valence-electron chi connectivity index (χ3n) is 2.30. The summed E-state index contributed by atoms with van der Waals surface area (Å²) in [7, 11) is 0. The second kappa shape index (κ2) is 4.91. The highest BCUT2D eigenvalue weighted by atomic mass is 19.1. The predicted octanol–water partition coefficient (Wildman–Crippen LogP) is 3.65. The summed E-state index contributed by atoms with van der Waals surface area (Å²) in [5.41, 5.74) is 1.28. The summed E-state index contributed by atoms with van der Waals surface area (Å²) in [5.74, 6) is -1.10. The molecule has 1 aromatic carbocycles. The molecule has 1 aromatic rings. The second-order valence-corrected chi connectivity index (χ2v) is 3.51. The zero-order valence-electron chi connectivity index (χ0n) is 9.03. The highest BCUT2D eigenvalue weighted by Gasteiger charge is 2.10. The lowest BCUT2D eigenvalue weighted by Gasteiger charge is -2.10. The van der Waals surface area contributed by atoms with E-state index in [2.05, 4.69) is 11.9 Å². The molecule has 82 valence electrons. The molecule has 0 aromatic heterocycles. The molecule has 0 atom stereocenters. The van der Waals surface area contributed by atoms with E-state index in [0.717, 1.165) is 12.0 Å². The largest absolute Gasteiger partial charge is 0.377 e. The zero-order chi connectivity index (χ0) is 11.4. The monoisotopic (exact) mass is 211 g/mol. The molecule has 15 heavy (non-hydrogen) atoms. The van der Waals surface area contributed by atoms with Gasteiger partial charge in [-0.05, 0) is 25.0 Å². The summed E-state index contributed by atoms with van der Waals surface area (Å²) < 4.78 is 26.7. The van der Waals surface area contributed by atoms with Crippen molar-refractivity contribution in [2.24, 2.45) is 0 Å². The van der Waals surface area contributed by atoms with E-state index in [-0.39, 0.29) is 5.69 Å². The van der Waals surface area contributed by atoms with E-state index >= 15 is 0 Å². The van der Waals surface area contributed by atoms with Crippen LogP contribution in [0.25, 0.3) is 0 Å². The van der Waals surface area contributed by atoms with Crippen molar-refractivity contribution in [2.75, 3.05) is 11.9 Å². The van der Waals surface area contributed by atoms with Gasteiger partial charge in [0, 0.05) is 6.54 Å². The molecule has 0 heterocycles. The summed E-state index contributed by atoms with van der Waals surface area (Å²) >= 11 is 0. The van der Waals surface area contributed by atoms with Crippen molar-refractivity contribution < 1.29 is 8.78 Å². The van der Waals surface area contributed by atoms with Gasteiger partial charge in [-0.3, -0.25) is 0 Å². The standard InChI is InChI=1S/C12H15F2N/c1-4-8(2)7-15-12-10(13)6-5-9(3)11(12)14/h5-6,15H,2,4,7H2,1,3H3. The number of hydrogen-bond donors (Lipinski definition) is 1. The van der Waals surface area contributed by atoms with Gasteiger partial charge in [-0.2, -0.15) is 0 Å². The Labute approximate surface area is 88.8 Å². The van der Waals surface area contributed by atoms with Gasteiger partial charge in [0.15, 0.2) is 5.82 Å². The smallest absolute Gasteiger partial charge is 0.152 e.